The van der Waals surface area contributed by atoms with Crippen LogP contribution in [0.4, 0.5) is 9.18 Å². The van der Waals surface area contributed by atoms with Gasteiger partial charge in [0, 0.05) is 0 Å². The van der Waals surface area contributed by atoms with E-state index in [-0.39, 0.29) is 11.9 Å². The molecule has 0 bridgehead atoms. The van der Waals surface area contributed by atoms with Gasteiger partial charge in [-0.1, -0.05) is 12.1 Å². The monoisotopic (exact) mass is 284 g/mol. The van der Waals surface area contributed by atoms with Crippen LogP contribution in [0, 0.1) is 5.82 Å². The molecule has 20 heavy (non-hydrogen) atoms. The average Bonchev–Trinajstić information content (AvgIpc) is 2.37. The fourth-order valence-corrected chi connectivity index (χ4v) is 1.41. The zero-order valence-corrected chi connectivity index (χ0v) is 11.2. The molecule has 0 saturated heterocycles. The molecule has 0 saturated carbocycles. The molecule has 1 aromatic carbocycles. The molecular formula is C13H17FN2O4. The Labute approximate surface area is 115 Å². The Morgan fingerprint density at radius 3 is 2.40 bits per heavy atom. The van der Waals surface area contributed by atoms with Crippen molar-refractivity contribution in [2.45, 2.75) is 25.5 Å². The predicted octanol–water partition coefficient (Wildman–Crippen LogP) is 1.02. The Kier molecular flexibility index (Phi) is 5.04. The standard InChI is InChI=1S/C13H17FN2O4/c1-8(9-3-5-10(14)6-4-9)16-12(19)15-7-13(2,20)11(17)18/h3-6,8,20H,7H2,1-2H3,(H,17,18)(H2,15,16,19). The van der Waals surface area contributed by atoms with Crippen LogP contribution in [0.15, 0.2) is 24.3 Å². The minimum Gasteiger partial charge on any atom is -0.479 e. The largest absolute Gasteiger partial charge is 0.479 e. The highest BCUT2D eigenvalue weighted by molar-refractivity contribution is 5.79. The van der Waals surface area contributed by atoms with Gasteiger partial charge in [-0.3, -0.25) is 0 Å². The maximum atomic E-state index is 12.8. The van der Waals surface area contributed by atoms with Crippen LogP contribution in [0.2, 0.25) is 0 Å². The molecule has 0 aromatic heterocycles. The normalized spacial score (nSPS) is 15.0. The summed E-state index contributed by atoms with van der Waals surface area (Å²) in [5, 5.41) is 22.9. The van der Waals surface area contributed by atoms with Crippen molar-refractivity contribution in [3.8, 4) is 0 Å². The summed E-state index contributed by atoms with van der Waals surface area (Å²) in [7, 11) is 0. The second-order valence-corrected chi connectivity index (χ2v) is 4.68. The van der Waals surface area contributed by atoms with Crippen molar-refractivity contribution in [2.75, 3.05) is 6.54 Å². The van der Waals surface area contributed by atoms with Gasteiger partial charge in [0.1, 0.15) is 5.82 Å². The van der Waals surface area contributed by atoms with E-state index in [0.717, 1.165) is 6.92 Å². The third kappa shape index (κ3) is 4.51. The number of carboxylic acids is 1. The van der Waals surface area contributed by atoms with E-state index in [1.54, 1.807) is 6.92 Å². The van der Waals surface area contributed by atoms with E-state index >= 15 is 0 Å². The third-order valence-electron chi connectivity index (χ3n) is 2.77. The van der Waals surface area contributed by atoms with Crippen LogP contribution in [-0.4, -0.2) is 34.4 Å². The lowest BCUT2D eigenvalue weighted by molar-refractivity contribution is -0.155. The van der Waals surface area contributed by atoms with E-state index in [1.165, 1.54) is 24.3 Å². The van der Waals surface area contributed by atoms with Gasteiger partial charge in [-0.2, -0.15) is 0 Å². The molecule has 2 amide bonds. The summed E-state index contributed by atoms with van der Waals surface area (Å²) in [6, 6.07) is 4.62. The second kappa shape index (κ2) is 6.33. The molecule has 0 radical (unpaired) electrons. The molecule has 2 unspecified atom stereocenters. The molecule has 0 spiro atoms. The van der Waals surface area contributed by atoms with Gasteiger partial charge in [-0.25, -0.2) is 14.0 Å². The number of carbonyl (C=O) groups excluding carboxylic acids is 1. The van der Waals surface area contributed by atoms with Gasteiger partial charge in [0.2, 0.25) is 0 Å². The number of hydrogen-bond acceptors (Lipinski definition) is 3. The van der Waals surface area contributed by atoms with Crippen LogP contribution in [0.3, 0.4) is 0 Å². The van der Waals surface area contributed by atoms with Crippen molar-refractivity contribution in [2.24, 2.45) is 0 Å². The first kappa shape index (κ1) is 15.9. The Morgan fingerprint density at radius 1 is 1.35 bits per heavy atom. The number of aliphatic carboxylic acids is 1. The Balaban J connectivity index is 2.50. The number of urea groups is 1. The number of carboxylic acid groups (broad SMARTS) is 1. The fourth-order valence-electron chi connectivity index (χ4n) is 1.41. The maximum absolute atomic E-state index is 12.8. The minimum absolute atomic E-state index is 0.372. The molecule has 0 fully saturated rings. The highest BCUT2D eigenvalue weighted by atomic mass is 19.1. The molecule has 0 aliphatic carbocycles. The van der Waals surface area contributed by atoms with E-state index in [4.69, 9.17) is 5.11 Å². The lowest BCUT2D eigenvalue weighted by Crippen LogP contribution is -2.49. The molecule has 4 N–H and O–H groups in total. The molecule has 1 rings (SSSR count). The van der Waals surface area contributed by atoms with Crippen molar-refractivity contribution in [3.63, 3.8) is 0 Å². The molecule has 2 atom stereocenters. The van der Waals surface area contributed by atoms with E-state index in [9.17, 15) is 19.1 Å². The van der Waals surface area contributed by atoms with Gasteiger partial charge in [-0.05, 0) is 31.5 Å². The molecule has 110 valence electrons. The number of nitrogens with one attached hydrogen (secondary N) is 2. The smallest absolute Gasteiger partial charge is 0.337 e. The molecule has 6 nitrogen and oxygen atoms in total. The molecule has 0 aliphatic rings. The first-order valence-corrected chi connectivity index (χ1v) is 5.98. The summed E-state index contributed by atoms with van der Waals surface area (Å²) in [6.45, 7) is 2.35. The SMILES string of the molecule is CC(NC(=O)NCC(C)(O)C(=O)O)c1ccc(F)cc1. The summed E-state index contributed by atoms with van der Waals surface area (Å²) in [5.74, 6) is -1.80. The topological polar surface area (TPSA) is 98.7 Å². The van der Waals surface area contributed by atoms with Gasteiger partial charge in [-0.15, -0.1) is 0 Å². The molecule has 0 heterocycles. The van der Waals surface area contributed by atoms with Gasteiger partial charge >= 0.3 is 12.0 Å². The van der Waals surface area contributed by atoms with E-state index in [1.807, 2.05) is 0 Å². The second-order valence-electron chi connectivity index (χ2n) is 4.68. The van der Waals surface area contributed by atoms with Crippen LogP contribution in [0.5, 0.6) is 0 Å². The lowest BCUT2D eigenvalue weighted by Gasteiger charge is -2.20. The van der Waals surface area contributed by atoms with Gasteiger partial charge in [0.15, 0.2) is 5.60 Å². The number of carbonyl (C=O) groups is 2. The summed E-state index contributed by atoms with van der Waals surface area (Å²) in [6.07, 6.45) is 0. The zero-order valence-electron chi connectivity index (χ0n) is 11.2. The maximum Gasteiger partial charge on any atom is 0.337 e. The molecule has 7 heteroatoms. The quantitative estimate of drug-likeness (QED) is 0.649. The number of halogens is 1. The van der Waals surface area contributed by atoms with Crippen LogP contribution < -0.4 is 10.6 Å². The Morgan fingerprint density at radius 2 is 1.90 bits per heavy atom. The van der Waals surface area contributed by atoms with Crippen molar-refractivity contribution in [1.29, 1.82) is 0 Å². The van der Waals surface area contributed by atoms with Crippen LogP contribution in [0.1, 0.15) is 25.5 Å². The predicted molar refractivity (Wildman–Crippen MR) is 69.6 cm³/mol. The number of amides is 2. The van der Waals surface area contributed by atoms with Gasteiger partial charge in [0.05, 0.1) is 12.6 Å². The van der Waals surface area contributed by atoms with Crippen molar-refractivity contribution < 1.29 is 24.2 Å². The van der Waals surface area contributed by atoms with Crippen LogP contribution in [0.25, 0.3) is 0 Å². The Bertz CT molecular complexity index is 488. The van der Waals surface area contributed by atoms with Crippen molar-refractivity contribution in [3.05, 3.63) is 35.6 Å². The lowest BCUT2D eigenvalue weighted by atomic mass is 10.1. The fraction of sp³-hybridized carbons (Fsp3) is 0.385. The zero-order chi connectivity index (χ0) is 15.3. The average molecular weight is 284 g/mol. The third-order valence-corrected chi connectivity index (χ3v) is 2.77. The summed E-state index contributed by atoms with van der Waals surface area (Å²) in [5.41, 5.74) is -1.33. The highest BCUT2D eigenvalue weighted by Crippen LogP contribution is 2.12. The summed E-state index contributed by atoms with van der Waals surface area (Å²) in [4.78, 5) is 22.2. The number of aliphatic hydroxyl groups is 1. The minimum atomic E-state index is -2.03. The van der Waals surface area contributed by atoms with Gasteiger partial charge in [0.25, 0.3) is 0 Å². The van der Waals surface area contributed by atoms with Crippen LogP contribution >= 0.6 is 0 Å². The Hall–Kier alpha value is -2.15. The molecule has 0 aliphatic heterocycles. The number of hydrogen-bond donors (Lipinski definition) is 4. The first-order valence-electron chi connectivity index (χ1n) is 5.98. The van der Waals surface area contributed by atoms with Crippen molar-refractivity contribution >= 4 is 12.0 Å². The number of benzene rings is 1. The molecular weight excluding hydrogens is 267 g/mol. The van der Waals surface area contributed by atoms with Gasteiger partial charge < -0.3 is 20.8 Å². The van der Waals surface area contributed by atoms with E-state index in [0.29, 0.717) is 5.56 Å². The summed E-state index contributed by atoms with van der Waals surface area (Å²) < 4.78 is 12.8. The van der Waals surface area contributed by atoms with E-state index in [2.05, 4.69) is 10.6 Å². The number of rotatable bonds is 5. The first-order chi connectivity index (χ1) is 9.22. The highest BCUT2D eigenvalue weighted by Gasteiger charge is 2.30. The summed E-state index contributed by atoms with van der Waals surface area (Å²) >= 11 is 0. The van der Waals surface area contributed by atoms with Crippen molar-refractivity contribution in [1.82, 2.24) is 10.6 Å². The van der Waals surface area contributed by atoms with E-state index < -0.39 is 24.1 Å². The van der Waals surface area contributed by atoms with Crippen LogP contribution in [-0.2, 0) is 4.79 Å². The molecule has 1 aromatic rings.